The molecule has 0 aliphatic carbocycles. The average Bonchev–Trinajstić information content (AvgIpc) is 3.95. The Morgan fingerprint density at radius 3 is 2.02 bits per heavy atom. The summed E-state index contributed by atoms with van der Waals surface area (Å²) in [7, 11) is 0. The summed E-state index contributed by atoms with van der Waals surface area (Å²) in [6.45, 7) is 0. The van der Waals surface area contributed by atoms with Gasteiger partial charge in [0.15, 0.2) is 0 Å². The topological polar surface area (TPSA) is 17.8 Å². The Bertz CT molecular complexity index is 3480. The Balaban J connectivity index is 0.951. The first-order valence-corrected chi connectivity index (χ1v) is 20.2. The Hall–Kier alpha value is -6.59. The maximum absolute atomic E-state index is 5.19. The Morgan fingerprint density at radius 1 is 0.400 bits per heavy atom. The molecule has 0 bridgehead atoms. The van der Waals surface area contributed by atoms with E-state index in [0.29, 0.717) is 0 Å². The molecule has 12 rings (SSSR count). The first kappa shape index (κ1) is 30.8. The van der Waals surface area contributed by atoms with Crippen LogP contribution in [0.3, 0.4) is 0 Å². The molecule has 4 heteroatoms. The summed E-state index contributed by atoms with van der Waals surface area (Å²) in [5.41, 5.74) is 10.7. The van der Waals surface area contributed by atoms with Crippen molar-refractivity contribution < 1.29 is 0 Å². The number of hydrogen-bond donors (Lipinski definition) is 0. The minimum Gasteiger partial charge on any atom is -0.309 e. The van der Waals surface area contributed by atoms with E-state index in [1.165, 1.54) is 96.2 Å². The van der Waals surface area contributed by atoms with Crippen LogP contribution in [0.5, 0.6) is 0 Å². The number of rotatable bonds is 4. The molecule has 256 valence electrons. The zero-order valence-electron chi connectivity index (χ0n) is 29.5. The molecule has 0 saturated carbocycles. The van der Waals surface area contributed by atoms with Crippen molar-refractivity contribution in [3.8, 4) is 38.5 Å². The number of nitrogens with zero attached hydrogens (tertiary/aromatic N) is 2. The standard InChI is InChI=1S/C51H30N2S2/c1-2-12-38(13-3-1)53-44-27-24-33-10-6-7-14-39(33)47(44)41-25-23-36(30-45(41)53)32-17-20-34(21-18-32)51-52-43-26-28-46-48(50(43)55-51)42-16-8-15-40(49(42)54-46)37-22-19-31-9-4-5-11-35(31)29-37/h1-30H. The lowest BCUT2D eigenvalue weighted by atomic mass is 9.99. The van der Waals surface area contributed by atoms with Crippen LogP contribution in [0.15, 0.2) is 182 Å². The van der Waals surface area contributed by atoms with Gasteiger partial charge in [0.2, 0.25) is 0 Å². The molecule has 0 aliphatic rings. The molecule has 0 aliphatic heterocycles. The third kappa shape index (κ3) is 4.75. The first-order valence-electron chi connectivity index (χ1n) is 18.6. The molecule has 2 nitrogen and oxygen atoms in total. The zero-order chi connectivity index (χ0) is 36.0. The summed E-state index contributed by atoms with van der Waals surface area (Å²) in [5.74, 6) is 0. The van der Waals surface area contributed by atoms with Crippen molar-refractivity contribution in [2.24, 2.45) is 0 Å². The van der Waals surface area contributed by atoms with E-state index in [-0.39, 0.29) is 0 Å². The third-order valence-electron chi connectivity index (χ3n) is 11.2. The molecule has 0 amide bonds. The number of benzene rings is 9. The van der Waals surface area contributed by atoms with Gasteiger partial charge in [-0.2, -0.15) is 0 Å². The molecule has 0 fully saturated rings. The van der Waals surface area contributed by atoms with Gasteiger partial charge in [0, 0.05) is 42.2 Å². The number of thiophene rings is 1. The van der Waals surface area contributed by atoms with E-state index in [0.717, 1.165) is 16.1 Å². The van der Waals surface area contributed by atoms with E-state index in [9.17, 15) is 0 Å². The van der Waals surface area contributed by atoms with Gasteiger partial charge in [0.25, 0.3) is 0 Å². The van der Waals surface area contributed by atoms with Crippen molar-refractivity contribution in [2.45, 2.75) is 0 Å². The summed E-state index contributed by atoms with van der Waals surface area (Å²) >= 11 is 3.69. The number of thiazole rings is 1. The maximum atomic E-state index is 5.19. The second kappa shape index (κ2) is 12.0. The highest BCUT2D eigenvalue weighted by Crippen LogP contribution is 2.46. The second-order valence-electron chi connectivity index (χ2n) is 14.3. The summed E-state index contributed by atoms with van der Waals surface area (Å²) in [4.78, 5) is 5.19. The van der Waals surface area contributed by atoms with Crippen LogP contribution in [-0.4, -0.2) is 9.55 Å². The quantitative estimate of drug-likeness (QED) is 0.176. The third-order valence-corrected chi connectivity index (χ3v) is 13.6. The van der Waals surface area contributed by atoms with Crippen LogP contribution < -0.4 is 0 Å². The largest absolute Gasteiger partial charge is 0.309 e. The molecular weight excluding hydrogens is 705 g/mol. The smallest absolute Gasteiger partial charge is 0.124 e. The fourth-order valence-electron chi connectivity index (χ4n) is 8.60. The lowest BCUT2D eigenvalue weighted by Crippen LogP contribution is -1.93. The van der Waals surface area contributed by atoms with Gasteiger partial charge in [-0.15, -0.1) is 22.7 Å². The van der Waals surface area contributed by atoms with Crippen LogP contribution in [0.25, 0.3) is 112 Å². The summed E-state index contributed by atoms with van der Waals surface area (Å²) < 4.78 is 6.30. The number of hydrogen-bond acceptors (Lipinski definition) is 3. The number of fused-ring (bicyclic) bond motifs is 11. The Morgan fingerprint density at radius 2 is 1.13 bits per heavy atom. The highest BCUT2D eigenvalue weighted by Gasteiger charge is 2.18. The predicted octanol–water partition coefficient (Wildman–Crippen LogP) is 15.1. The van der Waals surface area contributed by atoms with Crippen molar-refractivity contribution in [1.82, 2.24) is 9.55 Å². The van der Waals surface area contributed by atoms with Gasteiger partial charge < -0.3 is 4.57 Å². The molecule has 9 aromatic carbocycles. The molecule has 0 spiro atoms. The second-order valence-corrected chi connectivity index (χ2v) is 16.4. The predicted molar refractivity (Wildman–Crippen MR) is 238 cm³/mol. The molecule has 3 aromatic heterocycles. The number of aromatic nitrogens is 2. The number of para-hydroxylation sites is 1. The molecule has 0 radical (unpaired) electrons. The van der Waals surface area contributed by atoms with Crippen LogP contribution in [0, 0.1) is 0 Å². The summed E-state index contributed by atoms with van der Waals surface area (Å²) in [6.07, 6.45) is 0. The molecule has 12 aromatic rings. The normalized spacial score (nSPS) is 12.0. The van der Waals surface area contributed by atoms with Crippen molar-refractivity contribution in [3.63, 3.8) is 0 Å². The first-order chi connectivity index (χ1) is 27.2. The van der Waals surface area contributed by atoms with Gasteiger partial charge in [0.1, 0.15) is 5.01 Å². The molecule has 0 unspecified atom stereocenters. The minimum absolute atomic E-state index is 1.05. The molecular formula is C51H30N2S2. The SMILES string of the molecule is c1ccc(-n2c3cc(-c4ccc(-c5nc6ccc7sc8c(-c9ccc%10ccccc%10c9)cccc8c7c6s5)cc4)ccc3c3c4ccccc4ccc32)cc1. The van der Waals surface area contributed by atoms with Gasteiger partial charge in [-0.1, -0.05) is 140 Å². The van der Waals surface area contributed by atoms with E-state index in [2.05, 4.69) is 187 Å². The zero-order valence-corrected chi connectivity index (χ0v) is 31.2. The lowest BCUT2D eigenvalue weighted by Gasteiger charge is -2.09. The monoisotopic (exact) mass is 734 g/mol. The van der Waals surface area contributed by atoms with Gasteiger partial charge in [0.05, 0.1) is 21.3 Å². The molecule has 3 heterocycles. The van der Waals surface area contributed by atoms with Crippen LogP contribution >= 0.6 is 22.7 Å². The summed E-state index contributed by atoms with van der Waals surface area (Å²) in [6, 6.07) is 66.5. The van der Waals surface area contributed by atoms with E-state index in [1.54, 1.807) is 11.3 Å². The Kier molecular flexibility index (Phi) is 6.70. The van der Waals surface area contributed by atoms with Crippen LogP contribution in [0.2, 0.25) is 0 Å². The van der Waals surface area contributed by atoms with Crippen molar-refractivity contribution in [2.75, 3.05) is 0 Å². The van der Waals surface area contributed by atoms with Gasteiger partial charge in [-0.05, 0) is 86.3 Å². The highest BCUT2D eigenvalue weighted by atomic mass is 32.1. The van der Waals surface area contributed by atoms with E-state index < -0.39 is 0 Å². The fraction of sp³-hybridized carbons (Fsp3) is 0. The molecule has 0 saturated heterocycles. The summed E-state index contributed by atoms with van der Waals surface area (Å²) in [5, 5.41) is 11.3. The molecule has 0 N–H and O–H groups in total. The van der Waals surface area contributed by atoms with Gasteiger partial charge >= 0.3 is 0 Å². The van der Waals surface area contributed by atoms with Crippen LogP contribution in [0.1, 0.15) is 0 Å². The van der Waals surface area contributed by atoms with E-state index in [4.69, 9.17) is 4.98 Å². The van der Waals surface area contributed by atoms with Crippen molar-refractivity contribution in [1.29, 1.82) is 0 Å². The van der Waals surface area contributed by atoms with Crippen molar-refractivity contribution in [3.05, 3.63) is 182 Å². The van der Waals surface area contributed by atoms with E-state index >= 15 is 0 Å². The van der Waals surface area contributed by atoms with Crippen LogP contribution in [0.4, 0.5) is 0 Å². The molecule has 55 heavy (non-hydrogen) atoms. The Labute approximate surface area is 324 Å². The average molecular weight is 735 g/mol. The van der Waals surface area contributed by atoms with Crippen molar-refractivity contribution >= 4 is 96.4 Å². The van der Waals surface area contributed by atoms with Crippen LogP contribution in [-0.2, 0) is 0 Å². The maximum Gasteiger partial charge on any atom is 0.124 e. The van der Waals surface area contributed by atoms with Gasteiger partial charge in [-0.25, -0.2) is 4.98 Å². The molecule has 0 atom stereocenters. The van der Waals surface area contributed by atoms with Gasteiger partial charge in [-0.3, -0.25) is 0 Å². The highest BCUT2D eigenvalue weighted by molar-refractivity contribution is 7.28. The van der Waals surface area contributed by atoms with E-state index in [1.807, 2.05) is 11.3 Å². The lowest BCUT2D eigenvalue weighted by molar-refractivity contribution is 1.18. The fourth-order valence-corrected chi connectivity index (χ4v) is 11.0. The minimum atomic E-state index is 1.05.